The molecule has 1 amide bonds. The molecule has 0 fully saturated rings. The number of ether oxygens (including phenoxy) is 2. The molecule has 0 saturated carbocycles. The van der Waals surface area contributed by atoms with Crippen LogP contribution in [0, 0.1) is 5.82 Å². The summed E-state index contributed by atoms with van der Waals surface area (Å²) in [4.78, 5) is 30.6. The first-order valence-corrected chi connectivity index (χ1v) is 9.32. The molecular weight excluding hydrogens is 409 g/mol. The van der Waals surface area contributed by atoms with Crippen molar-refractivity contribution in [3.63, 3.8) is 0 Å². The molecule has 0 aliphatic carbocycles. The summed E-state index contributed by atoms with van der Waals surface area (Å²) in [7, 11) is 1.30. The Morgan fingerprint density at radius 3 is 2.93 bits per heavy atom. The van der Waals surface area contributed by atoms with Gasteiger partial charge in [0.2, 0.25) is 5.91 Å². The minimum Gasteiger partial charge on any atom is -0.491 e. The topological polar surface area (TPSA) is 93.3 Å². The average Bonchev–Trinajstić information content (AvgIpc) is 3.32. The molecule has 0 aliphatic heterocycles. The van der Waals surface area contributed by atoms with Gasteiger partial charge < -0.3 is 19.8 Å². The Morgan fingerprint density at radius 1 is 1.36 bits per heavy atom. The van der Waals surface area contributed by atoms with Gasteiger partial charge in [-0.25, -0.2) is 14.2 Å². The lowest BCUT2D eigenvalue weighted by atomic mass is 10.2. The SMILES string of the molecule is COC(=O)c1cc(-c2csc(NC(=O)CCOc3ccc(F)cc3Cl)n2)c[nH]1. The fraction of sp³-hybridized carbons (Fsp3) is 0.167. The van der Waals surface area contributed by atoms with Crippen LogP contribution in [0.5, 0.6) is 5.75 Å². The van der Waals surface area contributed by atoms with Crippen molar-refractivity contribution in [1.29, 1.82) is 0 Å². The van der Waals surface area contributed by atoms with E-state index in [1.165, 1.54) is 30.6 Å². The molecule has 3 aromatic rings. The third kappa shape index (κ3) is 4.87. The summed E-state index contributed by atoms with van der Waals surface area (Å²) in [6, 6.07) is 5.39. The molecule has 2 N–H and O–H groups in total. The first-order valence-electron chi connectivity index (χ1n) is 8.06. The van der Waals surface area contributed by atoms with Crippen LogP contribution in [0.1, 0.15) is 16.9 Å². The number of hydrogen-bond donors (Lipinski definition) is 2. The van der Waals surface area contributed by atoms with Gasteiger partial charge in [0.15, 0.2) is 5.13 Å². The number of rotatable bonds is 7. The van der Waals surface area contributed by atoms with E-state index < -0.39 is 11.8 Å². The van der Waals surface area contributed by atoms with Crippen molar-refractivity contribution in [2.45, 2.75) is 6.42 Å². The summed E-state index contributed by atoms with van der Waals surface area (Å²) in [6.07, 6.45) is 1.70. The van der Waals surface area contributed by atoms with Crippen LogP contribution in [0.25, 0.3) is 11.3 Å². The maximum atomic E-state index is 13.0. The minimum absolute atomic E-state index is 0.0687. The van der Waals surface area contributed by atoms with Crippen LogP contribution in [-0.2, 0) is 9.53 Å². The van der Waals surface area contributed by atoms with E-state index in [9.17, 15) is 14.0 Å². The van der Waals surface area contributed by atoms with Crippen LogP contribution < -0.4 is 10.1 Å². The zero-order valence-corrected chi connectivity index (χ0v) is 16.2. The molecule has 10 heteroatoms. The van der Waals surface area contributed by atoms with Crippen molar-refractivity contribution >= 4 is 39.9 Å². The third-order valence-electron chi connectivity index (χ3n) is 3.62. The summed E-state index contributed by atoms with van der Waals surface area (Å²) >= 11 is 7.11. The van der Waals surface area contributed by atoms with E-state index in [-0.39, 0.29) is 24.0 Å². The van der Waals surface area contributed by atoms with E-state index in [0.29, 0.717) is 27.8 Å². The summed E-state index contributed by atoms with van der Waals surface area (Å²) in [5.74, 6) is -0.920. The molecule has 1 aromatic carbocycles. The number of hydrogen-bond acceptors (Lipinski definition) is 6. The predicted molar refractivity (Wildman–Crippen MR) is 103 cm³/mol. The highest BCUT2D eigenvalue weighted by atomic mass is 35.5. The van der Waals surface area contributed by atoms with Gasteiger partial charge in [0, 0.05) is 17.1 Å². The highest BCUT2D eigenvalue weighted by Gasteiger charge is 2.13. The second kappa shape index (κ2) is 8.85. The highest BCUT2D eigenvalue weighted by Crippen LogP contribution is 2.26. The Hall–Kier alpha value is -2.91. The molecule has 2 aromatic heterocycles. The monoisotopic (exact) mass is 423 g/mol. The first kappa shape index (κ1) is 19.8. The van der Waals surface area contributed by atoms with Crippen LogP contribution in [0.15, 0.2) is 35.8 Å². The number of nitrogens with zero attached hydrogens (tertiary/aromatic N) is 1. The number of esters is 1. The van der Waals surface area contributed by atoms with E-state index in [0.717, 1.165) is 6.07 Å². The summed E-state index contributed by atoms with van der Waals surface area (Å²) in [5, 5.41) is 4.99. The Balaban J connectivity index is 1.52. The molecule has 0 saturated heterocycles. The summed E-state index contributed by atoms with van der Waals surface area (Å²) < 4.78 is 23.0. The van der Waals surface area contributed by atoms with Gasteiger partial charge in [0.25, 0.3) is 0 Å². The molecule has 0 aliphatic rings. The van der Waals surface area contributed by atoms with Crippen molar-refractivity contribution in [3.05, 3.63) is 52.4 Å². The van der Waals surface area contributed by atoms with Gasteiger partial charge in [-0.3, -0.25) is 4.79 Å². The number of benzene rings is 1. The number of aromatic nitrogens is 2. The van der Waals surface area contributed by atoms with Gasteiger partial charge in [-0.15, -0.1) is 11.3 Å². The number of thiazole rings is 1. The van der Waals surface area contributed by atoms with E-state index in [4.69, 9.17) is 16.3 Å². The fourth-order valence-corrected chi connectivity index (χ4v) is 3.22. The van der Waals surface area contributed by atoms with Gasteiger partial charge in [0.05, 0.1) is 30.9 Å². The molecule has 0 spiro atoms. The average molecular weight is 424 g/mol. The van der Waals surface area contributed by atoms with Gasteiger partial charge in [-0.2, -0.15) is 0 Å². The smallest absolute Gasteiger partial charge is 0.354 e. The number of amides is 1. The molecule has 0 unspecified atom stereocenters. The van der Waals surface area contributed by atoms with Gasteiger partial charge in [-0.05, 0) is 24.3 Å². The molecule has 28 heavy (non-hydrogen) atoms. The first-order chi connectivity index (χ1) is 13.5. The Bertz CT molecular complexity index is 1000. The van der Waals surface area contributed by atoms with Crippen LogP contribution in [-0.4, -0.2) is 35.6 Å². The quantitative estimate of drug-likeness (QED) is 0.557. The molecule has 2 heterocycles. The number of carbonyl (C=O) groups is 2. The number of aromatic amines is 1. The largest absolute Gasteiger partial charge is 0.491 e. The van der Waals surface area contributed by atoms with E-state index in [1.807, 2.05) is 0 Å². The second-order valence-corrected chi connectivity index (χ2v) is 6.82. The lowest BCUT2D eigenvalue weighted by molar-refractivity contribution is -0.116. The van der Waals surface area contributed by atoms with Crippen LogP contribution in [0.3, 0.4) is 0 Å². The maximum Gasteiger partial charge on any atom is 0.354 e. The second-order valence-electron chi connectivity index (χ2n) is 5.55. The van der Waals surface area contributed by atoms with Crippen LogP contribution >= 0.6 is 22.9 Å². The molecule has 3 rings (SSSR count). The number of halogens is 2. The number of H-pyrrole nitrogens is 1. The van der Waals surface area contributed by atoms with Crippen molar-refractivity contribution in [2.75, 3.05) is 19.0 Å². The maximum absolute atomic E-state index is 13.0. The Labute approximate surface area is 168 Å². The van der Waals surface area contributed by atoms with Crippen molar-refractivity contribution in [3.8, 4) is 17.0 Å². The zero-order valence-electron chi connectivity index (χ0n) is 14.6. The van der Waals surface area contributed by atoms with Gasteiger partial charge in [-0.1, -0.05) is 11.6 Å². The van der Waals surface area contributed by atoms with Crippen molar-refractivity contribution in [1.82, 2.24) is 9.97 Å². The van der Waals surface area contributed by atoms with Crippen LogP contribution in [0.2, 0.25) is 5.02 Å². The van der Waals surface area contributed by atoms with Gasteiger partial charge >= 0.3 is 5.97 Å². The van der Waals surface area contributed by atoms with E-state index in [1.54, 1.807) is 17.6 Å². The number of carbonyl (C=O) groups excluding carboxylic acids is 2. The lowest BCUT2D eigenvalue weighted by Gasteiger charge is -2.07. The molecule has 146 valence electrons. The van der Waals surface area contributed by atoms with Gasteiger partial charge in [0.1, 0.15) is 17.3 Å². The minimum atomic E-state index is -0.476. The highest BCUT2D eigenvalue weighted by molar-refractivity contribution is 7.14. The summed E-state index contributed by atoms with van der Waals surface area (Å²) in [5.41, 5.74) is 1.63. The molecular formula is C18H15ClFN3O4S. The Kier molecular flexibility index (Phi) is 6.27. The fourth-order valence-electron chi connectivity index (χ4n) is 2.26. The van der Waals surface area contributed by atoms with E-state index in [2.05, 4.69) is 20.0 Å². The standard InChI is InChI=1S/C18H15ClFN3O4S/c1-26-17(25)13-6-10(8-21-13)14-9-28-18(22-14)23-16(24)4-5-27-15-3-2-11(20)7-12(15)19/h2-3,6-9,21H,4-5H2,1H3,(H,22,23,24). The Morgan fingerprint density at radius 2 is 2.18 bits per heavy atom. The summed E-state index contributed by atoms with van der Waals surface area (Å²) in [6.45, 7) is 0.0791. The molecule has 0 atom stereocenters. The van der Waals surface area contributed by atoms with Crippen LogP contribution in [0.4, 0.5) is 9.52 Å². The van der Waals surface area contributed by atoms with E-state index >= 15 is 0 Å². The molecule has 0 radical (unpaired) electrons. The number of nitrogens with one attached hydrogen (secondary N) is 2. The predicted octanol–water partition coefficient (Wildman–Crippen LogP) is 4.12. The normalized spacial score (nSPS) is 10.5. The van der Waals surface area contributed by atoms with Crippen molar-refractivity contribution in [2.24, 2.45) is 0 Å². The van der Waals surface area contributed by atoms with Crippen molar-refractivity contribution < 1.29 is 23.5 Å². The lowest BCUT2D eigenvalue weighted by Crippen LogP contribution is -2.15. The third-order valence-corrected chi connectivity index (χ3v) is 4.67. The number of anilines is 1. The molecule has 0 bridgehead atoms. The number of methoxy groups -OCH3 is 1. The molecule has 7 nitrogen and oxygen atoms in total. The zero-order chi connectivity index (χ0) is 20.1.